The molecule has 0 bridgehead atoms. The summed E-state index contributed by atoms with van der Waals surface area (Å²) >= 11 is 0. The lowest BCUT2D eigenvalue weighted by Gasteiger charge is -2.35. The lowest BCUT2D eigenvalue weighted by Crippen LogP contribution is -2.43. The van der Waals surface area contributed by atoms with Gasteiger partial charge in [0.15, 0.2) is 0 Å². The average molecular weight is 274 g/mol. The van der Waals surface area contributed by atoms with E-state index in [1.54, 1.807) is 12.1 Å². The van der Waals surface area contributed by atoms with Crippen molar-refractivity contribution in [2.75, 3.05) is 11.4 Å². The van der Waals surface area contributed by atoms with Gasteiger partial charge in [-0.3, -0.25) is 14.9 Å². The van der Waals surface area contributed by atoms with E-state index in [2.05, 4.69) is 5.32 Å². The molecule has 1 aromatic carbocycles. The fourth-order valence-electron chi connectivity index (χ4n) is 2.97. The first kappa shape index (κ1) is 12.7. The summed E-state index contributed by atoms with van der Waals surface area (Å²) in [7, 11) is 0. The normalized spacial score (nSPS) is 21.6. The number of amides is 2. The Morgan fingerprint density at radius 2 is 2.15 bits per heavy atom. The van der Waals surface area contributed by atoms with Crippen LogP contribution >= 0.6 is 0 Å². The number of imide groups is 1. The van der Waals surface area contributed by atoms with Crippen LogP contribution in [0.3, 0.4) is 0 Å². The van der Waals surface area contributed by atoms with Crippen molar-refractivity contribution in [2.45, 2.75) is 25.3 Å². The lowest BCUT2D eigenvalue weighted by atomic mass is 9.95. The van der Waals surface area contributed by atoms with Crippen molar-refractivity contribution in [1.29, 1.82) is 0 Å². The maximum Gasteiger partial charge on any atom is 0.336 e. The lowest BCUT2D eigenvalue weighted by molar-refractivity contribution is -0.125. The van der Waals surface area contributed by atoms with Crippen LogP contribution in [0.25, 0.3) is 0 Å². The number of carboxylic acid groups (broad SMARTS) is 1. The summed E-state index contributed by atoms with van der Waals surface area (Å²) in [5, 5.41) is 11.5. The van der Waals surface area contributed by atoms with Gasteiger partial charge in [0.2, 0.25) is 11.8 Å². The predicted octanol–water partition coefficient (Wildman–Crippen LogP) is 0.552. The molecule has 1 aromatic rings. The van der Waals surface area contributed by atoms with Gasteiger partial charge in [-0.25, -0.2) is 4.79 Å². The molecule has 2 heterocycles. The zero-order valence-electron chi connectivity index (χ0n) is 10.8. The fourth-order valence-corrected chi connectivity index (χ4v) is 2.97. The molecule has 1 atom stereocenters. The summed E-state index contributed by atoms with van der Waals surface area (Å²) in [6.45, 7) is 0.654. The van der Waals surface area contributed by atoms with Crippen molar-refractivity contribution >= 4 is 23.5 Å². The van der Waals surface area contributed by atoms with Gasteiger partial charge in [-0.15, -0.1) is 0 Å². The molecule has 1 saturated heterocycles. The van der Waals surface area contributed by atoms with Gasteiger partial charge in [-0.1, -0.05) is 6.07 Å². The van der Waals surface area contributed by atoms with Gasteiger partial charge < -0.3 is 10.0 Å². The smallest absolute Gasteiger partial charge is 0.336 e. The number of rotatable bonds is 2. The SMILES string of the molecule is O=C1CC(N2CCCc3c(C(=O)O)cccc32)C(=O)N1. The minimum Gasteiger partial charge on any atom is -0.478 e. The standard InChI is InChI=1S/C14H14N2O4/c17-12-7-11(13(18)15-12)16-6-2-4-8-9(14(19)20)3-1-5-10(8)16/h1,3,5,11H,2,4,6-7H2,(H,19,20)(H,15,17,18). The van der Waals surface area contributed by atoms with Crippen LogP contribution < -0.4 is 10.2 Å². The molecule has 0 aliphatic carbocycles. The Bertz CT molecular complexity index is 611. The Morgan fingerprint density at radius 3 is 2.80 bits per heavy atom. The fraction of sp³-hybridized carbons (Fsp3) is 0.357. The molecule has 0 radical (unpaired) electrons. The quantitative estimate of drug-likeness (QED) is 0.769. The van der Waals surface area contributed by atoms with Gasteiger partial charge in [-0.2, -0.15) is 0 Å². The Labute approximate surface area is 115 Å². The molecular weight excluding hydrogens is 260 g/mol. The molecule has 3 rings (SSSR count). The van der Waals surface area contributed by atoms with Gasteiger partial charge in [0.1, 0.15) is 6.04 Å². The number of hydrogen-bond acceptors (Lipinski definition) is 4. The van der Waals surface area contributed by atoms with Crippen LogP contribution in [-0.4, -0.2) is 35.5 Å². The maximum atomic E-state index is 11.8. The van der Waals surface area contributed by atoms with Crippen LogP contribution in [0.2, 0.25) is 0 Å². The Kier molecular flexibility index (Phi) is 2.93. The second kappa shape index (κ2) is 4.63. The number of aromatic carboxylic acids is 1. The van der Waals surface area contributed by atoms with E-state index in [4.69, 9.17) is 0 Å². The average Bonchev–Trinajstić information content (AvgIpc) is 2.76. The van der Waals surface area contributed by atoms with Crippen molar-refractivity contribution in [3.63, 3.8) is 0 Å². The molecule has 2 aliphatic rings. The van der Waals surface area contributed by atoms with E-state index in [1.165, 1.54) is 0 Å². The number of carbonyl (C=O) groups is 3. The highest BCUT2D eigenvalue weighted by molar-refractivity contribution is 6.07. The molecule has 6 nitrogen and oxygen atoms in total. The van der Waals surface area contributed by atoms with Crippen molar-refractivity contribution in [1.82, 2.24) is 5.32 Å². The Morgan fingerprint density at radius 1 is 1.35 bits per heavy atom. The monoisotopic (exact) mass is 274 g/mol. The van der Waals surface area contributed by atoms with Gasteiger partial charge in [0.25, 0.3) is 0 Å². The highest BCUT2D eigenvalue weighted by Gasteiger charge is 2.37. The van der Waals surface area contributed by atoms with E-state index in [0.717, 1.165) is 17.7 Å². The first-order valence-electron chi connectivity index (χ1n) is 6.53. The van der Waals surface area contributed by atoms with Crippen LogP contribution in [0.5, 0.6) is 0 Å². The van der Waals surface area contributed by atoms with Crippen molar-refractivity contribution < 1.29 is 19.5 Å². The summed E-state index contributed by atoms with van der Waals surface area (Å²) in [5.74, 6) is -1.54. The largest absolute Gasteiger partial charge is 0.478 e. The van der Waals surface area contributed by atoms with Crippen LogP contribution in [0.15, 0.2) is 18.2 Å². The van der Waals surface area contributed by atoms with Crippen molar-refractivity contribution in [3.8, 4) is 0 Å². The minimum absolute atomic E-state index is 0.134. The van der Waals surface area contributed by atoms with E-state index < -0.39 is 12.0 Å². The molecule has 0 spiro atoms. The van der Waals surface area contributed by atoms with Gasteiger partial charge in [0, 0.05) is 12.2 Å². The number of nitrogens with zero attached hydrogens (tertiary/aromatic N) is 1. The number of carboxylic acids is 1. The first-order valence-corrected chi connectivity index (χ1v) is 6.53. The number of fused-ring (bicyclic) bond motifs is 1. The second-order valence-corrected chi connectivity index (χ2v) is 5.04. The minimum atomic E-state index is -0.962. The first-order chi connectivity index (χ1) is 9.58. The Balaban J connectivity index is 2.02. The van der Waals surface area contributed by atoms with Crippen LogP contribution in [0, 0.1) is 0 Å². The summed E-state index contributed by atoms with van der Waals surface area (Å²) in [5.41, 5.74) is 1.78. The van der Waals surface area contributed by atoms with E-state index in [0.29, 0.717) is 13.0 Å². The Hall–Kier alpha value is -2.37. The third kappa shape index (κ3) is 1.93. The molecule has 0 aromatic heterocycles. The van der Waals surface area contributed by atoms with E-state index in [9.17, 15) is 19.5 Å². The van der Waals surface area contributed by atoms with Crippen molar-refractivity contribution in [2.24, 2.45) is 0 Å². The van der Waals surface area contributed by atoms with Crippen molar-refractivity contribution in [3.05, 3.63) is 29.3 Å². The second-order valence-electron chi connectivity index (χ2n) is 5.04. The zero-order chi connectivity index (χ0) is 14.3. The molecule has 2 aliphatic heterocycles. The topological polar surface area (TPSA) is 86.7 Å². The van der Waals surface area contributed by atoms with Crippen LogP contribution in [-0.2, 0) is 16.0 Å². The number of nitrogens with one attached hydrogen (secondary N) is 1. The molecule has 6 heteroatoms. The summed E-state index contributed by atoms with van der Waals surface area (Å²) in [6, 6.07) is 4.54. The highest BCUT2D eigenvalue weighted by atomic mass is 16.4. The summed E-state index contributed by atoms with van der Waals surface area (Å²) < 4.78 is 0. The molecule has 104 valence electrons. The molecule has 1 unspecified atom stereocenters. The third-order valence-corrected chi connectivity index (χ3v) is 3.84. The van der Waals surface area contributed by atoms with Gasteiger partial charge >= 0.3 is 5.97 Å². The van der Waals surface area contributed by atoms with Crippen LogP contribution in [0.1, 0.15) is 28.8 Å². The zero-order valence-corrected chi connectivity index (χ0v) is 10.8. The highest BCUT2D eigenvalue weighted by Crippen LogP contribution is 2.32. The van der Waals surface area contributed by atoms with E-state index in [-0.39, 0.29) is 23.8 Å². The number of hydrogen-bond donors (Lipinski definition) is 2. The summed E-state index contributed by atoms with van der Waals surface area (Å²) in [6.07, 6.45) is 1.58. The molecule has 0 saturated carbocycles. The number of anilines is 1. The maximum absolute atomic E-state index is 11.8. The van der Waals surface area contributed by atoms with Crippen LogP contribution in [0.4, 0.5) is 5.69 Å². The molecule has 2 amide bonds. The molecule has 1 fully saturated rings. The number of carbonyl (C=O) groups excluding carboxylic acids is 2. The molecular formula is C14H14N2O4. The van der Waals surface area contributed by atoms with Gasteiger partial charge in [0.05, 0.1) is 12.0 Å². The van der Waals surface area contributed by atoms with E-state index in [1.807, 2.05) is 11.0 Å². The number of benzene rings is 1. The molecule has 20 heavy (non-hydrogen) atoms. The third-order valence-electron chi connectivity index (χ3n) is 3.84. The predicted molar refractivity (Wildman–Crippen MR) is 70.6 cm³/mol. The van der Waals surface area contributed by atoms with Gasteiger partial charge in [-0.05, 0) is 30.5 Å². The summed E-state index contributed by atoms with van der Waals surface area (Å²) in [4.78, 5) is 36.3. The molecule has 2 N–H and O–H groups in total. The van der Waals surface area contributed by atoms with E-state index >= 15 is 0 Å².